The van der Waals surface area contributed by atoms with Crippen LogP contribution in [-0.2, 0) is 0 Å². The van der Waals surface area contributed by atoms with Crippen molar-refractivity contribution in [2.75, 3.05) is 11.1 Å². The number of hydrogen-bond acceptors (Lipinski definition) is 4. The van der Waals surface area contributed by atoms with Crippen LogP contribution in [0.2, 0.25) is 10.0 Å². The predicted octanol–water partition coefficient (Wildman–Crippen LogP) is 3.59. The molecule has 3 aromatic rings. The molecule has 96 valence electrons. The molecule has 1 aromatic carbocycles. The zero-order valence-corrected chi connectivity index (χ0v) is 11.1. The van der Waals surface area contributed by atoms with Crippen LogP contribution in [0.15, 0.2) is 30.3 Å². The minimum atomic E-state index is 0.425. The first-order valence-corrected chi connectivity index (χ1v) is 6.22. The maximum absolute atomic E-state index is 6.09. The first-order valence-electron chi connectivity index (χ1n) is 5.46. The highest BCUT2D eigenvalue weighted by molar-refractivity contribution is 6.35. The van der Waals surface area contributed by atoms with Crippen LogP contribution in [0, 0.1) is 0 Å². The van der Waals surface area contributed by atoms with Gasteiger partial charge in [-0.15, -0.1) is 0 Å². The topological polar surface area (TPSA) is 79.6 Å². The lowest BCUT2D eigenvalue weighted by molar-refractivity contribution is 1.12. The number of aromatic amines is 1. The van der Waals surface area contributed by atoms with Gasteiger partial charge >= 0.3 is 0 Å². The molecule has 5 nitrogen and oxygen atoms in total. The first-order chi connectivity index (χ1) is 9.13. The monoisotopic (exact) mass is 293 g/mol. The Labute approximate surface area is 118 Å². The molecule has 3 rings (SSSR count). The van der Waals surface area contributed by atoms with Crippen LogP contribution < -0.4 is 11.1 Å². The number of H-pyrrole nitrogens is 1. The van der Waals surface area contributed by atoms with Crippen molar-refractivity contribution in [2.45, 2.75) is 0 Å². The van der Waals surface area contributed by atoms with Gasteiger partial charge in [-0.1, -0.05) is 23.2 Å². The van der Waals surface area contributed by atoms with Crippen LogP contribution in [0.1, 0.15) is 0 Å². The Bertz CT molecular complexity index is 753. The van der Waals surface area contributed by atoms with E-state index in [1.807, 2.05) is 6.07 Å². The van der Waals surface area contributed by atoms with E-state index in [4.69, 9.17) is 28.9 Å². The Balaban J connectivity index is 2.05. The van der Waals surface area contributed by atoms with Crippen molar-refractivity contribution in [3.05, 3.63) is 40.4 Å². The number of hydrogen-bond donors (Lipinski definition) is 3. The lowest BCUT2D eigenvalue weighted by Gasteiger charge is -2.06. The molecule has 0 bridgehead atoms. The maximum Gasteiger partial charge on any atom is 0.178 e. The summed E-state index contributed by atoms with van der Waals surface area (Å²) in [6.07, 6.45) is 0. The van der Waals surface area contributed by atoms with Gasteiger partial charge < -0.3 is 11.1 Å². The van der Waals surface area contributed by atoms with Crippen LogP contribution in [0.25, 0.3) is 11.0 Å². The Morgan fingerprint density at radius 1 is 1.16 bits per heavy atom. The predicted molar refractivity (Wildman–Crippen MR) is 78.0 cm³/mol. The Morgan fingerprint density at radius 3 is 2.84 bits per heavy atom. The Morgan fingerprint density at radius 2 is 2.00 bits per heavy atom. The third-order valence-corrected chi connectivity index (χ3v) is 3.18. The van der Waals surface area contributed by atoms with Crippen LogP contribution in [0.5, 0.6) is 0 Å². The molecule has 0 aliphatic rings. The van der Waals surface area contributed by atoms with Gasteiger partial charge in [0, 0.05) is 5.02 Å². The number of rotatable bonds is 2. The molecule has 0 atom stereocenters. The zero-order chi connectivity index (χ0) is 13.4. The summed E-state index contributed by atoms with van der Waals surface area (Å²) in [6, 6.07) is 8.67. The third kappa shape index (κ3) is 2.30. The molecule has 0 amide bonds. The highest BCUT2D eigenvalue weighted by Gasteiger charge is 2.09. The second-order valence-electron chi connectivity index (χ2n) is 3.95. The number of anilines is 3. The number of nitrogens with one attached hydrogen (secondary N) is 2. The van der Waals surface area contributed by atoms with E-state index in [0.717, 1.165) is 5.52 Å². The van der Waals surface area contributed by atoms with Gasteiger partial charge in [-0.2, -0.15) is 5.10 Å². The number of nitrogens with two attached hydrogens (primary N) is 1. The minimum absolute atomic E-state index is 0.425. The Hall–Kier alpha value is -1.98. The molecule has 2 aromatic heterocycles. The summed E-state index contributed by atoms with van der Waals surface area (Å²) in [7, 11) is 0. The third-order valence-electron chi connectivity index (χ3n) is 2.61. The van der Waals surface area contributed by atoms with Crippen LogP contribution in [-0.4, -0.2) is 15.2 Å². The Kier molecular flexibility index (Phi) is 2.93. The van der Waals surface area contributed by atoms with E-state index in [0.29, 0.717) is 32.9 Å². The zero-order valence-electron chi connectivity index (χ0n) is 9.61. The van der Waals surface area contributed by atoms with E-state index in [1.54, 1.807) is 24.3 Å². The van der Waals surface area contributed by atoms with Gasteiger partial charge in [0.05, 0.1) is 16.2 Å². The van der Waals surface area contributed by atoms with Crippen molar-refractivity contribution in [1.82, 2.24) is 15.2 Å². The lowest BCUT2D eigenvalue weighted by Crippen LogP contribution is -1.94. The number of fused-ring (bicyclic) bond motifs is 1. The normalized spacial score (nSPS) is 10.8. The molecule has 0 fully saturated rings. The number of nitrogen functional groups attached to an aromatic ring is 1. The van der Waals surface area contributed by atoms with Gasteiger partial charge in [-0.3, -0.25) is 5.10 Å². The number of nitrogens with zero attached hydrogens (tertiary/aromatic N) is 2. The summed E-state index contributed by atoms with van der Waals surface area (Å²) in [5.41, 5.74) is 7.77. The molecule has 2 heterocycles. The molecule has 19 heavy (non-hydrogen) atoms. The molecule has 0 aliphatic carbocycles. The number of aromatic nitrogens is 3. The minimum Gasteiger partial charge on any atom is -0.384 e. The highest BCUT2D eigenvalue weighted by Crippen LogP contribution is 2.30. The summed E-state index contributed by atoms with van der Waals surface area (Å²) in [5.74, 6) is 0.973. The van der Waals surface area contributed by atoms with E-state index < -0.39 is 0 Å². The SMILES string of the molecule is Nc1ccc2[nH]nc(Nc3cc(Cl)ccc3Cl)c2n1. The van der Waals surface area contributed by atoms with Crippen molar-refractivity contribution in [1.29, 1.82) is 0 Å². The lowest BCUT2D eigenvalue weighted by atomic mass is 10.3. The largest absolute Gasteiger partial charge is 0.384 e. The van der Waals surface area contributed by atoms with Crippen molar-refractivity contribution < 1.29 is 0 Å². The smallest absolute Gasteiger partial charge is 0.178 e. The quantitative estimate of drug-likeness (QED) is 0.674. The maximum atomic E-state index is 6.09. The number of halogens is 2. The van der Waals surface area contributed by atoms with E-state index in [1.165, 1.54) is 0 Å². The molecule has 0 radical (unpaired) electrons. The summed E-state index contributed by atoms with van der Waals surface area (Å²) in [6.45, 7) is 0. The van der Waals surface area contributed by atoms with Crippen LogP contribution in [0.3, 0.4) is 0 Å². The molecular formula is C12H9Cl2N5. The highest BCUT2D eigenvalue weighted by atomic mass is 35.5. The summed E-state index contributed by atoms with van der Waals surface area (Å²) < 4.78 is 0. The van der Waals surface area contributed by atoms with E-state index in [9.17, 15) is 0 Å². The average Bonchev–Trinajstić information content (AvgIpc) is 2.77. The summed E-state index contributed by atoms with van der Waals surface area (Å²) in [4.78, 5) is 4.23. The summed E-state index contributed by atoms with van der Waals surface area (Å²) >= 11 is 12.0. The standard InChI is InChI=1S/C12H9Cl2N5/c13-6-1-2-7(14)9(5-6)16-12-11-8(18-19-12)3-4-10(15)17-11/h1-5H,(H2,15,17)(H2,16,18,19). The second kappa shape index (κ2) is 4.60. The molecule has 7 heteroatoms. The molecule has 0 saturated carbocycles. The van der Waals surface area contributed by atoms with Crippen molar-refractivity contribution in [3.63, 3.8) is 0 Å². The van der Waals surface area contributed by atoms with Gasteiger partial charge in [0.25, 0.3) is 0 Å². The molecule has 0 saturated heterocycles. The second-order valence-corrected chi connectivity index (χ2v) is 4.80. The number of pyridine rings is 1. The molecular weight excluding hydrogens is 285 g/mol. The fourth-order valence-electron chi connectivity index (χ4n) is 1.72. The van der Waals surface area contributed by atoms with Crippen molar-refractivity contribution in [2.24, 2.45) is 0 Å². The average molecular weight is 294 g/mol. The van der Waals surface area contributed by atoms with Crippen LogP contribution in [0.4, 0.5) is 17.3 Å². The van der Waals surface area contributed by atoms with Crippen molar-refractivity contribution in [3.8, 4) is 0 Å². The van der Waals surface area contributed by atoms with Gasteiger partial charge in [-0.05, 0) is 30.3 Å². The number of benzene rings is 1. The molecule has 0 spiro atoms. The van der Waals surface area contributed by atoms with Gasteiger partial charge in [0.1, 0.15) is 11.3 Å². The van der Waals surface area contributed by atoms with Crippen molar-refractivity contribution >= 4 is 51.6 Å². The first kappa shape index (κ1) is 12.1. The van der Waals surface area contributed by atoms with E-state index in [-0.39, 0.29) is 0 Å². The summed E-state index contributed by atoms with van der Waals surface area (Å²) in [5, 5.41) is 11.2. The fourth-order valence-corrected chi connectivity index (χ4v) is 2.06. The van der Waals surface area contributed by atoms with E-state index in [2.05, 4.69) is 20.5 Å². The van der Waals surface area contributed by atoms with Gasteiger partial charge in [0.2, 0.25) is 0 Å². The van der Waals surface area contributed by atoms with Gasteiger partial charge in [-0.25, -0.2) is 4.98 Å². The van der Waals surface area contributed by atoms with Gasteiger partial charge in [0.15, 0.2) is 5.82 Å². The fraction of sp³-hybridized carbons (Fsp3) is 0. The molecule has 4 N–H and O–H groups in total. The molecule has 0 unspecified atom stereocenters. The van der Waals surface area contributed by atoms with Crippen LogP contribution >= 0.6 is 23.2 Å². The molecule has 0 aliphatic heterocycles. The van der Waals surface area contributed by atoms with E-state index >= 15 is 0 Å².